The molecule has 0 radical (unpaired) electrons. The smallest absolute Gasteiger partial charge is 0.348 e. The largest absolute Gasteiger partial charge is 0.481 e. The van der Waals surface area contributed by atoms with Crippen LogP contribution in [0.5, 0.6) is 5.06 Å². The third-order valence-electron chi connectivity index (χ3n) is 7.52. The molecule has 0 saturated heterocycles. The number of thiophene rings is 2. The van der Waals surface area contributed by atoms with Gasteiger partial charge in [-0.1, -0.05) is 11.3 Å². The van der Waals surface area contributed by atoms with Crippen molar-refractivity contribution in [3.63, 3.8) is 0 Å². The van der Waals surface area contributed by atoms with Crippen molar-refractivity contribution in [1.82, 2.24) is 19.6 Å². The Labute approximate surface area is 269 Å². The molecule has 0 aliphatic heterocycles. The van der Waals surface area contributed by atoms with Gasteiger partial charge in [-0.2, -0.15) is 10.2 Å². The lowest BCUT2D eigenvalue weighted by Crippen LogP contribution is -2.10. The number of rotatable bonds is 9. The third kappa shape index (κ3) is 6.30. The molecule has 4 aromatic rings. The summed E-state index contributed by atoms with van der Waals surface area (Å²) in [4.78, 5) is 25.5. The molecule has 45 heavy (non-hydrogen) atoms. The highest BCUT2D eigenvalue weighted by Gasteiger charge is 2.34. The number of sulfone groups is 1. The van der Waals surface area contributed by atoms with Crippen LogP contribution in [0.15, 0.2) is 16.6 Å². The first kappa shape index (κ1) is 32.9. The van der Waals surface area contributed by atoms with Crippen LogP contribution in [-0.4, -0.2) is 79.7 Å². The highest BCUT2D eigenvalue weighted by Crippen LogP contribution is 2.47. The number of hydrogen-bond donors (Lipinski definition) is 0. The Bertz CT molecular complexity index is 1850. The Hall–Kier alpha value is -3.53. The Morgan fingerprint density at radius 3 is 1.84 bits per heavy atom. The van der Waals surface area contributed by atoms with Crippen molar-refractivity contribution in [2.75, 3.05) is 39.8 Å². The van der Waals surface area contributed by atoms with Gasteiger partial charge >= 0.3 is 11.9 Å². The second-order valence-corrected chi connectivity index (χ2v) is 14.7. The lowest BCUT2D eigenvalue weighted by atomic mass is 9.91. The van der Waals surface area contributed by atoms with E-state index in [-0.39, 0.29) is 16.8 Å². The minimum Gasteiger partial charge on any atom is -0.481 e. The summed E-state index contributed by atoms with van der Waals surface area (Å²) in [6, 6.07) is 0. The van der Waals surface area contributed by atoms with Crippen LogP contribution in [0.4, 0.5) is 0 Å². The molecule has 0 saturated carbocycles. The van der Waals surface area contributed by atoms with E-state index in [4.69, 9.17) is 18.9 Å². The van der Waals surface area contributed by atoms with Crippen LogP contribution in [0.1, 0.15) is 55.4 Å². The number of carbonyl (C=O) groups excluding carboxylic acids is 2. The van der Waals surface area contributed by atoms with Crippen LogP contribution in [0.2, 0.25) is 0 Å². The number of esters is 2. The standard InChI is InChI=1S/C16H20N2O4S.C14H16N2O4S2/c1-4-21-15(19)14-11-6-5-10-9-17-18(2)13(10)12(11)16(23-14)22-8-7-20-3;1-4-20-13(17)12-9-6-5-8-7-15-16(2)11(8)10(9)14(21-12)22(3,18)19/h9H,4-8H2,1-3H3;7H,4-6H2,1-3H3. The van der Waals surface area contributed by atoms with Crippen molar-refractivity contribution in [1.29, 1.82) is 0 Å². The Balaban J connectivity index is 0.000000178. The summed E-state index contributed by atoms with van der Waals surface area (Å²) < 4.78 is 49.3. The van der Waals surface area contributed by atoms with E-state index in [2.05, 4.69) is 10.2 Å². The second-order valence-electron chi connectivity index (χ2n) is 10.5. The number of hydrogen-bond acceptors (Lipinski definition) is 12. The zero-order chi connectivity index (χ0) is 32.5. The van der Waals surface area contributed by atoms with E-state index in [1.807, 2.05) is 24.9 Å². The van der Waals surface area contributed by atoms with Crippen LogP contribution in [0, 0.1) is 0 Å². The van der Waals surface area contributed by atoms with E-state index < -0.39 is 15.8 Å². The van der Waals surface area contributed by atoms with E-state index in [9.17, 15) is 18.0 Å². The van der Waals surface area contributed by atoms with Crippen molar-refractivity contribution in [3.05, 3.63) is 44.4 Å². The molecule has 4 aromatic heterocycles. The topological polar surface area (TPSA) is 141 Å². The molecule has 6 rings (SSSR count). The zero-order valence-corrected chi connectivity index (χ0v) is 28.5. The second kappa shape index (κ2) is 13.4. The van der Waals surface area contributed by atoms with Gasteiger partial charge in [0.15, 0.2) is 14.9 Å². The van der Waals surface area contributed by atoms with E-state index in [0.717, 1.165) is 69.3 Å². The van der Waals surface area contributed by atoms with Gasteiger partial charge in [0.25, 0.3) is 0 Å². The number of nitrogens with zero attached hydrogens (tertiary/aromatic N) is 4. The lowest BCUT2D eigenvalue weighted by molar-refractivity contribution is 0.0521. The molecule has 12 nitrogen and oxygen atoms in total. The molecule has 242 valence electrons. The van der Waals surface area contributed by atoms with Crippen LogP contribution in [0.3, 0.4) is 0 Å². The van der Waals surface area contributed by atoms with Crippen molar-refractivity contribution >= 4 is 44.4 Å². The molecular formula is C30H36N4O8S3. The van der Waals surface area contributed by atoms with Crippen LogP contribution in [0.25, 0.3) is 22.5 Å². The van der Waals surface area contributed by atoms with E-state index in [1.54, 1.807) is 32.0 Å². The maximum absolute atomic E-state index is 12.3. The number of carbonyl (C=O) groups is 2. The molecule has 0 bridgehead atoms. The van der Waals surface area contributed by atoms with Crippen LogP contribution < -0.4 is 4.74 Å². The molecule has 2 aliphatic rings. The van der Waals surface area contributed by atoms with E-state index in [1.165, 1.54) is 23.2 Å². The van der Waals surface area contributed by atoms with Gasteiger partial charge in [-0.25, -0.2) is 18.0 Å². The van der Waals surface area contributed by atoms with Crippen LogP contribution >= 0.6 is 22.7 Å². The first-order chi connectivity index (χ1) is 21.5. The average molecular weight is 677 g/mol. The molecule has 0 fully saturated rings. The number of aryl methyl sites for hydroxylation is 4. The molecule has 0 aromatic carbocycles. The summed E-state index contributed by atoms with van der Waals surface area (Å²) in [6.45, 7) is 5.11. The van der Waals surface area contributed by atoms with Gasteiger partial charge in [0.1, 0.15) is 20.6 Å². The predicted octanol–water partition coefficient (Wildman–Crippen LogP) is 4.28. The highest BCUT2D eigenvalue weighted by molar-refractivity contribution is 7.93. The van der Waals surface area contributed by atoms with Gasteiger partial charge in [-0.15, -0.1) is 11.3 Å². The molecule has 0 spiro atoms. The van der Waals surface area contributed by atoms with Gasteiger partial charge in [-0.05, 0) is 61.8 Å². The molecule has 0 N–H and O–H groups in total. The Morgan fingerprint density at radius 2 is 1.33 bits per heavy atom. The van der Waals surface area contributed by atoms with Crippen molar-refractivity contribution in [3.8, 4) is 27.6 Å². The molecule has 2 aliphatic carbocycles. The first-order valence-electron chi connectivity index (χ1n) is 14.5. The maximum atomic E-state index is 12.3. The minimum absolute atomic E-state index is 0.218. The predicted molar refractivity (Wildman–Crippen MR) is 170 cm³/mol. The summed E-state index contributed by atoms with van der Waals surface area (Å²) in [6.07, 6.45) is 7.84. The van der Waals surface area contributed by atoms with Gasteiger partial charge < -0.3 is 18.9 Å². The quantitative estimate of drug-likeness (QED) is 0.186. The molecule has 4 heterocycles. The number of methoxy groups -OCH3 is 1. The van der Waals surface area contributed by atoms with Gasteiger partial charge in [0.05, 0.1) is 49.2 Å². The molecular weight excluding hydrogens is 641 g/mol. The van der Waals surface area contributed by atoms with Crippen molar-refractivity contribution in [2.24, 2.45) is 14.1 Å². The maximum Gasteiger partial charge on any atom is 0.348 e. The Kier molecular flexibility index (Phi) is 9.82. The van der Waals surface area contributed by atoms with Gasteiger partial charge in [-0.3, -0.25) is 9.36 Å². The van der Waals surface area contributed by atoms with Crippen molar-refractivity contribution < 1.29 is 37.0 Å². The fourth-order valence-electron chi connectivity index (χ4n) is 5.64. The summed E-state index contributed by atoms with van der Waals surface area (Å²) in [5, 5.41) is 9.31. The van der Waals surface area contributed by atoms with Crippen LogP contribution in [-0.2, 0) is 63.8 Å². The fraction of sp³-hybridized carbons (Fsp3) is 0.467. The monoisotopic (exact) mass is 676 g/mol. The summed E-state index contributed by atoms with van der Waals surface area (Å²) in [5.41, 5.74) is 7.39. The number of aromatic nitrogens is 4. The van der Waals surface area contributed by atoms with Gasteiger partial charge in [0.2, 0.25) is 0 Å². The summed E-state index contributed by atoms with van der Waals surface area (Å²) >= 11 is 2.36. The third-order valence-corrected chi connectivity index (χ3v) is 11.7. The first-order valence-corrected chi connectivity index (χ1v) is 18.0. The van der Waals surface area contributed by atoms with E-state index >= 15 is 0 Å². The molecule has 0 unspecified atom stereocenters. The highest BCUT2D eigenvalue weighted by atomic mass is 32.2. The summed E-state index contributed by atoms with van der Waals surface area (Å²) in [5.74, 6) is -0.731. The fourth-order valence-corrected chi connectivity index (χ4v) is 9.18. The molecule has 0 atom stereocenters. The Morgan fingerprint density at radius 1 is 0.822 bits per heavy atom. The number of ether oxygens (including phenoxy) is 4. The normalized spacial score (nSPS) is 13.1. The SMILES string of the molecule is CCOC(=O)c1sc(OCCOC)c2c1CCc1cnn(C)c1-2.CCOC(=O)c1sc(S(C)(=O)=O)c2c1CCc1cnn(C)c1-2. The van der Waals surface area contributed by atoms with Crippen molar-refractivity contribution in [2.45, 2.75) is 43.7 Å². The summed E-state index contributed by atoms with van der Waals surface area (Å²) in [7, 11) is 1.89. The minimum atomic E-state index is -3.44. The van der Waals surface area contributed by atoms with E-state index in [0.29, 0.717) is 41.6 Å². The molecule has 15 heteroatoms. The average Bonchev–Trinajstić information content (AvgIpc) is 3.76. The number of fused-ring (bicyclic) bond motifs is 6. The van der Waals surface area contributed by atoms with Gasteiger partial charge in [0, 0.05) is 33.0 Å². The molecule has 0 amide bonds. The zero-order valence-electron chi connectivity index (χ0n) is 26.1. The lowest BCUT2D eigenvalue weighted by Gasteiger charge is -2.16.